The normalized spacial score (nSPS) is 12.2. The van der Waals surface area contributed by atoms with Gasteiger partial charge in [-0.1, -0.05) is 6.07 Å². The van der Waals surface area contributed by atoms with Crippen LogP contribution in [0.3, 0.4) is 0 Å². The summed E-state index contributed by atoms with van der Waals surface area (Å²) in [5, 5.41) is 3.19. The second kappa shape index (κ2) is 5.80. The van der Waals surface area contributed by atoms with Gasteiger partial charge in [-0.15, -0.1) is 0 Å². The molecule has 1 aromatic heterocycles. The molecule has 1 unspecified atom stereocenters. The average Bonchev–Trinajstić information content (AvgIpc) is 2.41. The van der Waals surface area contributed by atoms with Crippen LogP contribution in [0.1, 0.15) is 22.7 Å². The van der Waals surface area contributed by atoms with Crippen LogP contribution < -0.4 is 10.1 Å². The molecular weight excluding hydrogens is 243 g/mol. The Morgan fingerprint density at radius 2 is 2.05 bits per heavy atom. The third kappa shape index (κ3) is 2.90. The molecule has 1 N–H and O–H groups in total. The zero-order valence-corrected chi connectivity index (χ0v) is 11.3. The van der Waals surface area contributed by atoms with Gasteiger partial charge in [0.15, 0.2) is 0 Å². The van der Waals surface area contributed by atoms with Gasteiger partial charge < -0.3 is 10.1 Å². The van der Waals surface area contributed by atoms with Gasteiger partial charge in [-0.25, -0.2) is 4.39 Å². The molecule has 19 heavy (non-hydrogen) atoms. The number of aromatic nitrogens is 1. The molecule has 1 atom stereocenters. The van der Waals surface area contributed by atoms with Gasteiger partial charge in [-0.05, 0) is 48.9 Å². The Balaban J connectivity index is 2.42. The minimum atomic E-state index is -0.330. The summed E-state index contributed by atoms with van der Waals surface area (Å²) in [7, 11) is 3.49. The first kappa shape index (κ1) is 13.5. The Morgan fingerprint density at radius 3 is 2.63 bits per heavy atom. The molecule has 3 nitrogen and oxygen atoms in total. The molecule has 0 aliphatic carbocycles. The Bertz CT molecular complexity index is 572. The Labute approximate surface area is 112 Å². The van der Waals surface area contributed by atoms with Crippen LogP contribution in [0.15, 0.2) is 36.7 Å². The second-order valence-electron chi connectivity index (χ2n) is 4.38. The summed E-state index contributed by atoms with van der Waals surface area (Å²) in [5.74, 6) is 0.484. The fraction of sp³-hybridized carbons (Fsp3) is 0.267. The van der Waals surface area contributed by atoms with Crippen LogP contribution in [0.25, 0.3) is 0 Å². The Hall–Kier alpha value is -1.94. The van der Waals surface area contributed by atoms with Crippen molar-refractivity contribution in [3.63, 3.8) is 0 Å². The van der Waals surface area contributed by atoms with E-state index in [-0.39, 0.29) is 11.9 Å². The van der Waals surface area contributed by atoms with E-state index in [4.69, 9.17) is 4.74 Å². The molecule has 0 aliphatic heterocycles. The van der Waals surface area contributed by atoms with Crippen LogP contribution in [0.4, 0.5) is 4.39 Å². The monoisotopic (exact) mass is 260 g/mol. The zero-order valence-electron chi connectivity index (χ0n) is 11.3. The number of pyridine rings is 1. The van der Waals surface area contributed by atoms with Crippen LogP contribution in [0.5, 0.6) is 5.75 Å². The number of methoxy groups -OCH3 is 1. The highest BCUT2D eigenvalue weighted by atomic mass is 19.1. The highest BCUT2D eigenvalue weighted by Crippen LogP contribution is 2.27. The van der Waals surface area contributed by atoms with Crippen LogP contribution >= 0.6 is 0 Å². The number of ether oxygens (including phenoxy) is 1. The smallest absolute Gasteiger partial charge is 0.141 e. The Morgan fingerprint density at radius 1 is 1.26 bits per heavy atom. The first-order chi connectivity index (χ1) is 9.15. The van der Waals surface area contributed by atoms with Crippen molar-refractivity contribution in [1.29, 1.82) is 0 Å². The molecule has 0 fully saturated rings. The van der Waals surface area contributed by atoms with Crippen molar-refractivity contribution in [2.45, 2.75) is 13.0 Å². The summed E-state index contributed by atoms with van der Waals surface area (Å²) in [5.41, 5.74) is 2.97. The highest BCUT2D eigenvalue weighted by Gasteiger charge is 2.15. The average molecular weight is 260 g/mol. The third-order valence-electron chi connectivity index (χ3n) is 3.14. The molecule has 1 heterocycles. The summed E-state index contributed by atoms with van der Waals surface area (Å²) in [6, 6.07) is 7.26. The minimum Gasteiger partial charge on any atom is -0.497 e. The fourth-order valence-corrected chi connectivity index (χ4v) is 2.19. The summed E-state index contributed by atoms with van der Waals surface area (Å²) in [6.07, 6.45) is 2.88. The Kier molecular flexibility index (Phi) is 4.12. The number of halogens is 1. The first-order valence-electron chi connectivity index (χ1n) is 6.08. The van der Waals surface area contributed by atoms with Crippen LogP contribution in [0.2, 0.25) is 0 Å². The number of rotatable bonds is 4. The molecule has 2 aromatic rings. The molecule has 0 radical (unpaired) electrons. The molecular formula is C15H17FN2O. The lowest BCUT2D eigenvalue weighted by Gasteiger charge is -2.19. The quantitative estimate of drug-likeness (QED) is 0.918. The fourth-order valence-electron chi connectivity index (χ4n) is 2.19. The van der Waals surface area contributed by atoms with Crippen molar-refractivity contribution in [3.05, 3.63) is 59.2 Å². The van der Waals surface area contributed by atoms with E-state index < -0.39 is 0 Å². The molecule has 2 rings (SSSR count). The lowest BCUT2D eigenvalue weighted by molar-refractivity contribution is 0.414. The number of hydrogen-bond acceptors (Lipinski definition) is 3. The molecule has 0 saturated carbocycles. The van der Waals surface area contributed by atoms with Gasteiger partial charge in [-0.2, -0.15) is 0 Å². The van der Waals surface area contributed by atoms with Gasteiger partial charge >= 0.3 is 0 Å². The van der Waals surface area contributed by atoms with Gasteiger partial charge in [-0.3, -0.25) is 4.98 Å². The topological polar surface area (TPSA) is 34.2 Å². The van der Waals surface area contributed by atoms with Crippen molar-refractivity contribution < 1.29 is 9.13 Å². The number of nitrogens with one attached hydrogen (secondary N) is 1. The molecule has 0 spiro atoms. The van der Waals surface area contributed by atoms with Crippen molar-refractivity contribution in [1.82, 2.24) is 10.3 Å². The van der Waals surface area contributed by atoms with E-state index in [2.05, 4.69) is 10.3 Å². The maximum atomic E-state index is 13.3. The minimum absolute atomic E-state index is 0.0888. The van der Waals surface area contributed by atoms with E-state index >= 15 is 0 Å². The van der Waals surface area contributed by atoms with E-state index in [9.17, 15) is 4.39 Å². The largest absolute Gasteiger partial charge is 0.497 e. The molecule has 4 heteroatoms. The highest BCUT2D eigenvalue weighted by molar-refractivity contribution is 5.40. The van der Waals surface area contributed by atoms with Gasteiger partial charge in [0.25, 0.3) is 0 Å². The van der Waals surface area contributed by atoms with Crippen molar-refractivity contribution in [2.24, 2.45) is 0 Å². The third-order valence-corrected chi connectivity index (χ3v) is 3.14. The first-order valence-corrected chi connectivity index (χ1v) is 6.08. The summed E-state index contributed by atoms with van der Waals surface area (Å²) < 4.78 is 18.5. The predicted molar refractivity (Wildman–Crippen MR) is 72.8 cm³/mol. The van der Waals surface area contributed by atoms with E-state index in [1.54, 1.807) is 13.3 Å². The van der Waals surface area contributed by atoms with Crippen LogP contribution in [-0.2, 0) is 0 Å². The molecule has 1 aromatic carbocycles. The van der Waals surface area contributed by atoms with Gasteiger partial charge in [0.05, 0.1) is 19.3 Å². The predicted octanol–water partition coefficient (Wildman–Crippen LogP) is 2.85. The van der Waals surface area contributed by atoms with Gasteiger partial charge in [0.1, 0.15) is 11.6 Å². The van der Waals surface area contributed by atoms with E-state index in [0.29, 0.717) is 0 Å². The second-order valence-corrected chi connectivity index (χ2v) is 4.38. The standard InChI is InChI=1S/C15H17FN2O/c1-10-6-13(19-3)4-5-14(10)15(17-2)11-7-12(16)9-18-8-11/h4-9,15,17H,1-3H3. The summed E-state index contributed by atoms with van der Waals surface area (Å²) in [4.78, 5) is 3.90. The molecule has 100 valence electrons. The van der Waals surface area contributed by atoms with Crippen molar-refractivity contribution in [2.75, 3.05) is 14.2 Å². The lowest BCUT2D eigenvalue weighted by Crippen LogP contribution is -2.19. The summed E-state index contributed by atoms with van der Waals surface area (Å²) >= 11 is 0. The maximum absolute atomic E-state index is 13.3. The number of aryl methyl sites for hydroxylation is 1. The lowest BCUT2D eigenvalue weighted by atomic mass is 9.96. The summed E-state index contributed by atoms with van der Waals surface area (Å²) in [6.45, 7) is 2.01. The van der Waals surface area contributed by atoms with E-state index in [1.165, 1.54) is 12.3 Å². The zero-order chi connectivity index (χ0) is 13.8. The number of hydrogen-bond donors (Lipinski definition) is 1. The maximum Gasteiger partial charge on any atom is 0.141 e. The number of nitrogens with zero attached hydrogens (tertiary/aromatic N) is 1. The van der Waals surface area contributed by atoms with Crippen molar-refractivity contribution in [3.8, 4) is 5.75 Å². The molecule has 0 aliphatic rings. The number of benzene rings is 1. The molecule has 0 bridgehead atoms. The van der Waals surface area contributed by atoms with Crippen LogP contribution in [-0.4, -0.2) is 19.1 Å². The van der Waals surface area contributed by atoms with Crippen molar-refractivity contribution >= 4 is 0 Å². The molecule has 0 amide bonds. The SMILES string of the molecule is CNC(c1cncc(F)c1)c1ccc(OC)cc1C. The van der Waals surface area contributed by atoms with Crippen LogP contribution in [0, 0.1) is 12.7 Å². The molecule has 0 saturated heterocycles. The van der Waals surface area contributed by atoms with Gasteiger partial charge in [0.2, 0.25) is 0 Å². The van der Waals surface area contributed by atoms with E-state index in [1.807, 2.05) is 32.2 Å². The van der Waals surface area contributed by atoms with E-state index in [0.717, 1.165) is 22.4 Å². The van der Waals surface area contributed by atoms with Gasteiger partial charge in [0, 0.05) is 6.20 Å².